The Kier molecular flexibility index (Phi) is 4.41. The van der Waals surface area contributed by atoms with E-state index in [1.165, 1.54) is 12.8 Å². The second-order valence-corrected chi connectivity index (χ2v) is 4.72. The van der Waals surface area contributed by atoms with E-state index in [0.29, 0.717) is 45.4 Å². The zero-order chi connectivity index (χ0) is 13.0. The summed E-state index contributed by atoms with van der Waals surface area (Å²) in [5.41, 5.74) is 0. The third-order valence-electron chi connectivity index (χ3n) is 3.28. The highest BCUT2D eigenvalue weighted by Crippen LogP contribution is 2.18. The summed E-state index contributed by atoms with van der Waals surface area (Å²) < 4.78 is 4.94. The molecule has 6 nitrogen and oxygen atoms in total. The van der Waals surface area contributed by atoms with E-state index in [0.717, 1.165) is 0 Å². The molecule has 6 heteroatoms. The molecule has 1 aliphatic heterocycles. The molecule has 2 aliphatic rings. The van der Waals surface area contributed by atoms with Crippen molar-refractivity contribution < 1.29 is 14.3 Å². The van der Waals surface area contributed by atoms with Crippen LogP contribution in [0.3, 0.4) is 0 Å². The van der Waals surface area contributed by atoms with Crippen molar-refractivity contribution in [2.24, 2.45) is 0 Å². The molecule has 0 radical (unpaired) electrons. The first-order valence-corrected chi connectivity index (χ1v) is 6.63. The van der Waals surface area contributed by atoms with Crippen LogP contribution in [0.2, 0.25) is 0 Å². The largest absolute Gasteiger partial charge is 0.450 e. The summed E-state index contributed by atoms with van der Waals surface area (Å²) in [5.74, 6) is 0.130. The van der Waals surface area contributed by atoms with Crippen molar-refractivity contribution in [3.63, 3.8) is 0 Å². The molecule has 2 fully saturated rings. The van der Waals surface area contributed by atoms with Gasteiger partial charge in [0, 0.05) is 32.2 Å². The lowest BCUT2D eigenvalue weighted by atomic mass is 10.3. The molecule has 0 atom stereocenters. The number of carbonyl (C=O) groups excluding carboxylic acids is 2. The minimum atomic E-state index is -0.277. The summed E-state index contributed by atoms with van der Waals surface area (Å²) in [4.78, 5) is 26.8. The molecule has 2 rings (SSSR count). The number of hydrogen-bond donors (Lipinski definition) is 1. The van der Waals surface area contributed by atoms with Gasteiger partial charge in [-0.3, -0.25) is 4.79 Å². The third kappa shape index (κ3) is 3.60. The Morgan fingerprint density at radius 2 is 1.78 bits per heavy atom. The Hall–Kier alpha value is -1.30. The van der Waals surface area contributed by atoms with E-state index >= 15 is 0 Å². The maximum Gasteiger partial charge on any atom is 0.409 e. The predicted molar refractivity (Wildman–Crippen MR) is 66.2 cm³/mol. The van der Waals surface area contributed by atoms with Crippen LogP contribution in [0, 0.1) is 0 Å². The Labute approximate surface area is 107 Å². The van der Waals surface area contributed by atoms with Crippen LogP contribution in [0.1, 0.15) is 19.8 Å². The van der Waals surface area contributed by atoms with E-state index in [1.54, 1.807) is 11.8 Å². The standard InChI is InChI=1S/C12H21N3O3/c1-2-18-12(17)15-7-5-14(6-8-15)11(16)9-13-10-3-4-10/h10,13H,2-9H2,1H3. The molecule has 1 N–H and O–H groups in total. The molecule has 0 unspecified atom stereocenters. The normalized spacial score (nSPS) is 19.8. The molecule has 2 amide bonds. The topological polar surface area (TPSA) is 61.9 Å². The van der Waals surface area contributed by atoms with E-state index in [2.05, 4.69) is 5.32 Å². The average Bonchev–Trinajstić information content (AvgIpc) is 3.20. The smallest absolute Gasteiger partial charge is 0.409 e. The Bertz CT molecular complexity index is 310. The first kappa shape index (κ1) is 13.1. The zero-order valence-electron chi connectivity index (χ0n) is 10.9. The fourth-order valence-corrected chi connectivity index (χ4v) is 1.98. The maximum atomic E-state index is 11.9. The number of rotatable bonds is 4. The quantitative estimate of drug-likeness (QED) is 0.770. The molecule has 1 saturated carbocycles. The fraction of sp³-hybridized carbons (Fsp3) is 0.833. The molecule has 102 valence electrons. The number of amides is 2. The van der Waals surface area contributed by atoms with Crippen LogP contribution in [0.4, 0.5) is 4.79 Å². The molecular weight excluding hydrogens is 234 g/mol. The van der Waals surface area contributed by atoms with Crippen LogP contribution in [0.15, 0.2) is 0 Å². The lowest BCUT2D eigenvalue weighted by Crippen LogP contribution is -2.52. The van der Waals surface area contributed by atoms with Crippen molar-refractivity contribution in [3.8, 4) is 0 Å². The second-order valence-electron chi connectivity index (χ2n) is 4.72. The average molecular weight is 255 g/mol. The summed E-state index contributed by atoms with van der Waals surface area (Å²) in [6, 6.07) is 0.551. The van der Waals surface area contributed by atoms with Gasteiger partial charge in [0.2, 0.25) is 5.91 Å². The lowest BCUT2D eigenvalue weighted by molar-refractivity contribution is -0.131. The van der Waals surface area contributed by atoms with Crippen molar-refractivity contribution >= 4 is 12.0 Å². The van der Waals surface area contributed by atoms with Gasteiger partial charge in [-0.1, -0.05) is 0 Å². The number of piperazine rings is 1. The molecule has 1 saturated heterocycles. The van der Waals surface area contributed by atoms with Gasteiger partial charge < -0.3 is 19.9 Å². The Morgan fingerprint density at radius 1 is 1.17 bits per heavy atom. The van der Waals surface area contributed by atoms with E-state index in [-0.39, 0.29) is 12.0 Å². The second kappa shape index (κ2) is 6.04. The van der Waals surface area contributed by atoms with Gasteiger partial charge in [0.05, 0.1) is 13.2 Å². The number of carbonyl (C=O) groups is 2. The molecule has 0 aromatic heterocycles. The molecule has 1 aliphatic carbocycles. The van der Waals surface area contributed by atoms with Crippen LogP contribution in [0.25, 0.3) is 0 Å². The van der Waals surface area contributed by atoms with Gasteiger partial charge in [-0.05, 0) is 19.8 Å². The Balaban J connectivity index is 1.68. The van der Waals surface area contributed by atoms with Crippen LogP contribution >= 0.6 is 0 Å². The maximum absolute atomic E-state index is 11.9. The molecule has 0 aromatic carbocycles. The van der Waals surface area contributed by atoms with E-state index in [1.807, 2.05) is 4.90 Å². The van der Waals surface area contributed by atoms with E-state index in [9.17, 15) is 9.59 Å². The first-order chi connectivity index (χ1) is 8.70. The number of nitrogens with one attached hydrogen (secondary N) is 1. The van der Waals surface area contributed by atoms with E-state index in [4.69, 9.17) is 4.74 Å². The zero-order valence-corrected chi connectivity index (χ0v) is 10.9. The van der Waals surface area contributed by atoms with E-state index < -0.39 is 0 Å². The van der Waals surface area contributed by atoms with Gasteiger partial charge in [-0.25, -0.2) is 4.79 Å². The predicted octanol–water partition coefficient (Wildman–Crippen LogP) is 0.0391. The number of ether oxygens (including phenoxy) is 1. The van der Waals surface area contributed by atoms with Crippen LogP contribution < -0.4 is 5.32 Å². The molecule has 18 heavy (non-hydrogen) atoms. The highest BCUT2D eigenvalue weighted by molar-refractivity contribution is 5.78. The van der Waals surface area contributed by atoms with Crippen molar-refractivity contribution in [1.82, 2.24) is 15.1 Å². The molecule has 0 spiro atoms. The molecule has 0 bridgehead atoms. The lowest BCUT2D eigenvalue weighted by Gasteiger charge is -2.34. The minimum Gasteiger partial charge on any atom is -0.450 e. The van der Waals surface area contributed by atoms with Crippen LogP contribution in [0.5, 0.6) is 0 Å². The summed E-state index contributed by atoms with van der Waals surface area (Å²) in [6.07, 6.45) is 2.09. The first-order valence-electron chi connectivity index (χ1n) is 6.63. The number of hydrogen-bond acceptors (Lipinski definition) is 4. The molecule has 1 heterocycles. The summed E-state index contributed by atoms with van der Waals surface area (Å²) in [5, 5.41) is 3.21. The number of nitrogens with zero attached hydrogens (tertiary/aromatic N) is 2. The van der Waals surface area contributed by atoms with Gasteiger partial charge in [0.15, 0.2) is 0 Å². The van der Waals surface area contributed by atoms with Crippen molar-refractivity contribution in [3.05, 3.63) is 0 Å². The summed E-state index contributed by atoms with van der Waals surface area (Å²) in [6.45, 7) is 4.94. The van der Waals surface area contributed by atoms with Crippen molar-refractivity contribution in [2.75, 3.05) is 39.3 Å². The van der Waals surface area contributed by atoms with Gasteiger partial charge in [0.25, 0.3) is 0 Å². The molecule has 0 aromatic rings. The van der Waals surface area contributed by atoms with Crippen molar-refractivity contribution in [2.45, 2.75) is 25.8 Å². The van der Waals surface area contributed by atoms with Gasteiger partial charge in [0.1, 0.15) is 0 Å². The highest BCUT2D eigenvalue weighted by atomic mass is 16.6. The minimum absolute atomic E-state index is 0.130. The van der Waals surface area contributed by atoms with Gasteiger partial charge in [-0.2, -0.15) is 0 Å². The molecular formula is C12H21N3O3. The third-order valence-corrected chi connectivity index (χ3v) is 3.28. The SMILES string of the molecule is CCOC(=O)N1CCN(C(=O)CNC2CC2)CC1. The Morgan fingerprint density at radius 3 is 2.33 bits per heavy atom. The van der Waals surface area contributed by atoms with Gasteiger partial charge >= 0.3 is 6.09 Å². The van der Waals surface area contributed by atoms with Crippen molar-refractivity contribution in [1.29, 1.82) is 0 Å². The van der Waals surface area contributed by atoms with Gasteiger partial charge in [-0.15, -0.1) is 0 Å². The highest BCUT2D eigenvalue weighted by Gasteiger charge is 2.26. The summed E-state index contributed by atoms with van der Waals surface area (Å²) in [7, 11) is 0. The van der Waals surface area contributed by atoms with Crippen LogP contribution in [-0.4, -0.2) is 67.2 Å². The fourth-order valence-electron chi connectivity index (χ4n) is 1.98. The summed E-state index contributed by atoms with van der Waals surface area (Å²) >= 11 is 0. The van der Waals surface area contributed by atoms with Crippen LogP contribution in [-0.2, 0) is 9.53 Å². The monoisotopic (exact) mass is 255 g/mol.